The van der Waals surface area contributed by atoms with Crippen LogP contribution >= 0.6 is 0 Å². The van der Waals surface area contributed by atoms with Crippen LogP contribution in [0.25, 0.3) is 0 Å². The molecule has 1 heterocycles. The van der Waals surface area contributed by atoms with Gasteiger partial charge in [-0.2, -0.15) is 5.26 Å². The normalized spacial score (nSPS) is 9.33. The van der Waals surface area contributed by atoms with E-state index in [1.165, 1.54) is 0 Å². The Bertz CT molecular complexity index is 276. The minimum atomic E-state index is -0.00383. The van der Waals surface area contributed by atoms with Crippen LogP contribution in [0.15, 0.2) is 12.3 Å². The summed E-state index contributed by atoms with van der Waals surface area (Å²) in [7, 11) is 0. The smallest absolute Gasteiger partial charge is 0.233 e. The Hall–Kier alpha value is -1.54. The number of nitrogens with zero attached hydrogens (tertiary/aromatic N) is 3. The van der Waals surface area contributed by atoms with Gasteiger partial charge < -0.3 is 9.84 Å². The molecule has 1 rings (SSSR count). The van der Waals surface area contributed by atoms with Gasteiger partial charge in [0.2, 0.25) is 5.88 Å². The second-order valence-corrected chi connectivity index (χ2v) is 2.09. The molecule has 0 fully saturated rings. The van der Waals surface area contributed by atoms with Gasteiger partial charge in [-0.25, -0.2) is 0 Å². The summed E-state index contributed by atoms with van der Waals surface area (Å²) in [6, 6.07) is 3.48. The van der Waals surface area contributed by atoms with Gasteiger partial charge in [0.05, 0.1) is 13.2 Å². The third kappa shape index (κ3) is 2.25. The van der Waals surface area contributed by atoms with Crippen molar-refractivity contribution in [2.75, 3.05) is 13.2 Å². The lowest BCUT2D eigenvalue weighted by Gasteiger charge is -1.96. The molecule has 12 heavy (non-hydrogen) atoms. The van der Waals surface area contributed by atoms with E-state index in [9.17, 15) is 0 Å². The van der Waals surface area contributed by atoms with Gasteiger partial charge in [-0.15, -0.1) is 5.10 Å². The number of aliphatic hydroxyl groups is 1. The van der Waals surface area contributed by atoms with E-state index in [4.69, 9.17) is 15.1 Å². The summed E-state index contributed by atoms with van der Waals surface area (Å²) in [5, 5.41) is 20.7. The van der Waals surface area contributed by atoms with Crippen LogP contribution in [0.5, 0.6) is 5.88 Å². The highest BCUT2D eigenvalue weighted by Gasteiger charge is 1.97. The lowest BCUT2D eigenvalue weighted by molar-refractivity contribution is 0.266. The first-order valence-corrected chi connectivity index (χ1v) is 3.51. The van der Waals surface area contributed by atoms with Crippen LogP contribution in [-0.4, -0.2) is 28.1 Å². The molecule has 0 atom stereocenters. The molecule has 0 spiro atoms. The molecular formula is C7H9N3O2. The lowest BCUT2D eigenvalue weighted by atomic mass is 10.6. The first-order valence-electron chi connectivity index (χ1n) is 3.51. The van der Waals surface area contributed by atoms with Crippen molar-refractivity contribution in [2.24, 2.45) is 0 Å². The maximum absolute atomic E-state index is 8.55. The van der Waals surface area contributed by atoms with Crippen LogP contribution in [0.3, 0.4) is 0 Å². The molecule has 1 aromatic heterocycles. The first-order chi connectivity index (χ1) is 5.86. The monoisotopic (exact) mass is 167 g/mol. The molecule has 0 aliphatic carbocycles. The van der Waals surface area contributed by atoms with Gasteiger partial charge in [-0.1, -0.05) is 0 Å². The van der Waals surface area contributed by atoms with Crippen LogP contribution in [0, 0.1) is 11.3 Å². The number of ether oxygens (including phenoxy) is 1. The summed E-state index contributed by atoms with van der Waals surface area (Å²) < 4.78 is 6.46. The van der Waals surface area contributed by atoms with E-state index >= 15 is 0 Å². The maximum Gasteiger partial charge on any atom is 0.233 e. The van der Waals surface area contributed by atoms with Gasteiger partial charge in [0.25, 0.3) is 0 Å². The minimum Gasteiger partial charge on any atom is -0.461 e. The van der Waals surface area contributed by atoms with Crippen molar-refractivity contribution in [3.05, 3.63) is 12.3 Å². The molecule has 5 heteroatoms. The quantitative estimate of drug-likeness (QED) is 0.672. The molecule has 0 aromatic carbocycles. The molecule has 0 aliphatic heterocycles. The van der Waals surface area contributed by atoms with Crippen molar-refractivity contribution in [3.8, 4) is 11.9 Å². The van der Waals surface area contributed by atoms with Gasteiger partial charge >= 0.3 is 0 Å². The molecular weight excluding hydrogens is 158 g/mol. The van der Waals surface area contributed by atoms with E-state index in [-0.39, 0.29) is 13.2 Å². The summed E-state index contributed by atoms with van der Waals surface area (Å²) >= 11 is 0. The third-order valence-corrected chi connectivity index (χ3v) is 1.23. The van der Waals surface area contributed by atoms with E-state index < -0.39 is 0 Å². The molecule has 1 N–H and O–H groups in total. The number of aliphatic hydroxyl groups excluding tert-OH is 1. The van der Waals surface area contributed by atoms with Crippen LogP contribution in [-0.2, 0) is 6.54 Å². The summed E-state index contributed by atoms with van der Waals surface area (Å²) in [5.41, 5.74) is 0. The molecule has 0 aliphatic rings. The molecule has 0 saturated heterocycles. The molecule has 5 nitrogen and oxygen atoms in total. The Morgan fingerprint density at radius 3 is 3.25 bits per heavy atom. The van der Waals surface area contributed by atoms with Gasteiger partial charge in [0.15, 0.2) is 6.61 Å². The fourth-order valence-corrected chi connectivity index (χ4v) is 0.753. The van der Waals surface area contributed by atoms with Crippen molar-refractivity contribution in [2.45, 2.75) is 6.54 Å². The van der Waals surface area contributed by atoms with Crippen molar-refractivity contribution in [3.63, 3.8) is 0 Å². The molecule has 0 saturated carbocycles. The zero-order valence-electron chi connectivity index (χ0n) is 6.47. The average molecular weight is 167 g/mol. The van der Waals surface area contributed by atoms with Crippen molar-refractivity contribution in [1.82, 2.24) is 9.78 Å². The molecule has 0 bridgehead atoms. The Balaban J connectivity index is 2.47. The summed E-state index contributed by atoms with van der Waals surface area (Å²) in [6.45, 7) is 0.478. The van der Waals surface area contributed by atoms with E-state index in [0.717, 1.165) is 0 Å². The second kappa shape index (κ2) is 4.36. The van der Waals surface area contributed by atoms with Crippen molar-refractivity contribution < 1.29 is 9.84 Å². The van der Waals surface area contributed by atoms with E-state index in [2.05, 4.69) is 5.10 Å². The molecule has 0 radical (unpaired) electrons. The largest absolute Gasteiger partial charge is 0.461 e. The number of rotatable bonds is 4. The van der Waals surface area contributed by atoms with E-state index in [0.29, 0.717) is 12.4 Å². The molecule has 0 unspecified atom stereocenters. The number of hydrogen-bond acceptors (Lipinski definition) is 4. The lowest BCUT2D eigenvalue weighted by Crippen LogP contribution is -2.03. The number of hydrogen-bond donors (Lipinski definition) is 1. The van der Waals surface area contributed by atoms with Crippen molar-refractivity contribution >= 4 is 0 Å². The second-order valence-electron chi connectivity index (χ2n) is 2.09. The zero-order chi connectivity index (χ0) is 8.81. The maximum atomic E-state index is 8.55. The highest BCUT2D eigenvalue weighted by atomic mass is 16.5. The SMILES string of the molecule is N#CCOc1ccn(CCO)n1. The highest BCUT2D eigenvalue weighted by Crippen LogP contribution is 2.04. The summed E-state index contributed by atoms with van der Waals surface area (Å²) in [5.74, 6) is 0.407. The zero-order valence-corrected chi connectivity index (χ0v) is 6.47. The fourth-order valence-electron chi connectivity index (χ4n) is 0.753. The predicted molar refractivity (Wildman–Crippen MR) is 40.4 cm³/mol. The van der Waals surface area contributed by atoms with Crippen LogP contribution in [0.4, 0.5) is 0 Å². The minimum absolute atomic E-state index is 0.00383. The van der Waals surface area contributed by atoms with Gasteiger partial charge in [-0.05, 0) is 0 Å². The van der Waals surface area contributed by atoms with Gasteiger partial charge in [-0.3, -0.25) is 4.68 Å². The fraction of sp³-hybridized carbons (Fsp3) is 0.429. The third-order valence-electron chi connectivity index (χ3n) is 1.23. The summed E-state index contributed by atoms with van der Waals surface area (Å²) in [6.07, 6.45) is 1.68. The average Bonchev–Trinajstić information content (AvgIpc) is 2.50. The molecule has 0 amide bonds. The first kappa shape index (κ1) is 8.56. The van der Waals surface area contributed by atoms with Gasteiger partial charge in [0, 0.05) is 12.3 Å². The topological polar surface area (TPSA) is 71.1 Å². The van der Waals surface area contributed by atoms with Crippen LogP contribution in [0.2, 0.25) is 0 Å². The Kier molecular flexibility index (Phi) is 3.11. The molecule has 64 valence electrons. The Labute approximate surface area is 69.8 Å². The van der Waals surface area contributed by atoms with E-state index in [1.807, 2.05) is 6.07 Å². The summed E-state index contributed by atoms with van der Waals surface area (Å²) in [4.78, 5) is 0. The van der Waals surface area contributed by atoms with Crippen LogP contribution in [0.1, 0.15) is 0 Å². The predicted octanol–water partition coefficient (Wildman–Crippen LogP) is -0.222. The standard InChI is InChI=1S/C7H9N3O2/c8-2-6-12-7-1-3-10(9-7)4-5-11/h1,3,11H,4-6H2. The Morgan fingerprint density at radius 1 is 1.75 bits per heavy atom. The van der Waals surface area contributed by atoms with Crippen LogP contribution < -0.4 is 4.74 Å². The Morgan fingerprint density at radius 2 is 2.58 bits per heavy atom. The van der Waals surface area contributed by atoms with Crippen molar-refractivity contribution in [1.29, 1.82) is 5.26 Å². The van der Waals surface area contributed by atoms with E-state index in [1.54, 1.807) is 16.9 Å². The molecule has 1 aromatic rings. The highest BCUT2D eigenvalue weighted by molar-refractivity contribution is 5.06. The number of nitriles is 1. The number of aromatic nitrogens is 2. The van der Waals surface area contributed by atoms with Gasteiger partial charge in [0.1, 0.15) is 6.07 Å².